The molecule has 0 fully saturated rings. The fourth-order valence-corrected chi connectivity index (χ4v) is 2.41. The Morgan fingerprint density at radius 3 is 2.76 bits per heavy atom. The van der Waals surface area contributed by atoms with Crippen molar-refractivity contribution in [2.45, 2.75) is 32.9 Å². The molecule has 0 amide bonds. The van der Waals surface area contributed by atoms with Gasteiger partial charge in [0.25, 0.3) is 0 Å². The number of aromatic carboxylic acids is 1. The first-order valence-corrected chi connectivity index (χ1v) is 6.58. The van der Waals surface area contributed by atoms with E-state index in [9.17, 15) is 4.79 Å². The molecular formula is C12H19NO3S. The monoisotopic (exact) mass is 257 g/mol. The molecule has 1 rings (SSSR count). The van der Waals surface area contributed by atoms with Gasteiger partial charge in [-0.15, -0.1) is 11.3 Å². The van der Waals surface area contributed by atoms with Crippen molar-refractivity contribution in [3.8, 4) is 0 Å². The van der Waals surface area contributed by atoms with Gasteiger partial charge in [0.05, 0.1) is 0 Å². The third-order valence-corrected chi connectivity index (χ3v) is 3.59. The molecule has 1 aromatic rings. The molecule has 0 bridgehead atoms. The zero-order valence-electron chi connectivity index (χ0n) is 10.2. The lowest BCUT2D eigenvalue weighted by atomic mass is 10.2. The minimum absolute atomic E-state index is 0.165. The maximum atomic E-state index is 11.0. The average molecular weight is 257 g/mol. The maximum absolute atomic E-state index is 11.0. The molecule has 2 N–H and O–H groups in total. The molecule has 1 heterocycles. The molecule has 0 saturated carbocycles. The molecular weight excluding hydrogens is 238 g/mol. The quantitative estimate of drug-likeness (QED) is 0.784. The molecule has 96 valence electrons. The summed E-state index contributed by atoms with van der Waals surface area (Å²) in [6.45, 7) is 5.72. The number of carboxylic acid groups (broad SMARTS) is 1. The van der Waals surface area contributed by atoms with Gasteiger partial charge in [-0.2, -0.15) is 0 Å². The molecule has 0 unspecified atom stereocenters. The Balaban J connectivity index is 2.71. The van der Waals surface area contributed by atoms with Gasteiger partial charge in [-0.3, -0.25) is 4.90 Å². The van der Waals surface area contributed by atoms with Crippen molar-refractivity contribution in [3.05, 3.63) is 21.9 Å². The number of aliphatic hydroxyl groups is 1. The molecule has 0 spiro atoms. The highest BCUT2D eigenvalue weighted by Gasteiger charge is 2.16. The zero-order valence-corrected chi connectivity index (χ0v) is 11.0. The second kappa shape index (κ2) is 6.74. The van der Waals surface area contributed by atoms with Crippen LogP contribution in [0.1, 0.15) is 35.5 Å². The van der Waals surface area contributed by atoms with Gasteiger partial charge < -0.3 is 10.2 Å². The van der Waals surface area contributed by atoms with E-state index in [-0.39, 0.29) is 6.61 Å². The third-order valence-electron chi connectivity index (χ3n) is 2.65. The number of rotatable bonds is 7. The predicted molar refractivity (Wildman–Crippen MR) is 68.5 cm³/mol. The van der Waals surface area contributed by atoms with Gasteiger partial charge in [0.2, 0.25) is 0 Å². The van der Waals surface area contributed by atoms with Crippen LogP contribution in [0.2, 0.25) is 0 Å². The minimum Gasteiger partial charge on any atom is -0.477 e. The average Bonchev–Trinajstić information content (AvgIpc) is 2.71. The van der Waals surface area contributed by atoms with Gasteiger partial charge in [-0.25, -0.2) is 4.79 Å². The van der Waals surface area contributed by atoms with Crippen LogP contribution < -0.4 is 0 Å². The van der Waals surface area contributed by atoms with E-state index in [1.165, 1.54) is 11.3 Å². The number of hydrogen-bond donors (Lipinski definition) is 2. The Bertz CT molecular complexity index is 362. The largest absolute Gasteiger partial charge is 0.477 e. The smallest absolute Gasteiger partial charge is 0.346 e. The van der Waals surface area contributed by atoms with Crippen molar-refractivity contribution in [1.29, 1.82) is 0 Å². The molecule has 17 heavy (non-hydrogen) atoms. The molecule has 1 aromatic heterocycles. The van der Waals surface area contributed by atoms with Crippen molar-refractivity contribution < 1.29 is 15.0 Å². The fourth-order valence-electron chi connectivity index (χ4n) is 1.66. The SMILES string of the molecule is CC(C)N(CCCO)Cc1ccsc1C(=O)O. The summed E-state index contributed by atoms with van der Waals surface area (Å²) >= 11 is 1.26. The Labute approximate surface area is 106 Å². The highest BCUT2D eigenvalue weighted by molar-refractivity contribution is 7.12. The summed E-state index contributed by atoms with van der Waals surface area (Å²) in [6.07, 6.45) is 0.713. The minimum atomic E-state index is -0.860. The molecule has 0 atom stereocenters. The second-order valence-corrected chi connectivity index (χ2v) is 5.14. The van der Waals surface area contributed by atoms with E-state index < -0.39 is 5.97 Å². The Kier molecular flexibility index (Phi) is 5.61. The van der Waals surface area contributed by atoms with Crippen molar-refractivity contribution in [1.82, 2.24) is 4.90 Å². The zero-order chi connectivity index (χ0) is 12.8. The predicted octanol–water partition coefficient (Wildman–Crippen LogP) is 2.04. The normalized spacial score (nSPS) is 11.4. The summed E-state index contributed by atoms with van der Waals surface area (Å²) in [5.74, 6) is -0.860. The van der Waals surface area contributed by atoms with Crippen LogP contribution in [-0.2, 0) is 6.54 Å². The van der Waals surface area contributed by atoms with Crippen molar-refractivity contribution >= 4 is 17.3 Å². The highest BCUT2D eigenvalue weighted by Crippen LogP contribution is 2.19. The van der Waals surface area contributed by atoms with Crippen LogP contribution in [0.25, 0.3) is 0 Å². The molecule has 0 aromatic carbocycles. The van der Waals surface area contributed by atoms with Gasteiger partial charge in [-0.05, 0) is 37.3 Å². The molecule has 0 aliphatic carbocycles. The number of carbonyl (C=O) groups is 1. The van der Waals surface area contributed by atoms with Gasteiger partial charge in [0.15, 0.2) is 0 Å². The maximum Gasteiger partial charge on any atom is 0.346 e. The van der Waals surface area contributed by atoms with Crippen LogP contribution in [0, 0.1) is 0 Å². The van der Waals surface area contributed by atoms with Crippen molar-refractivity contribution in [3.63, 3.8) is 0 Å². The first-order chi connectivity index (χ1) is 8.06. The first-order valence-electron chi connectivity index (χ1n) is 5.70. The summed E-state index contributed by atoms with van der Waals surface area (Å²) < 4.78 is 0. The van der Waals surface area contributed by atoms with Gasteiger partial charge in [-0.1, -0.05) is 0 Å². The van der Waals surface area contributed by atoms with Crippen molar-refractivity contribution in [2.75, 3.05) is 13.2 Å². The number of aliphatic hydroxyl groups excluding tert-OH is 1. The summed E-state index contributed by atoms with van der Waals surface area (Å²) in [5.41, 5.74) is 0.856. The van der Waals surface area contributed by atoms with E-state index in [0.29, 0.717) is 23.9 Å². The van der Waals surface area contributed by atoms with E-state index in [1.54, 1.807) is 0 Å². The van der Waals surface area contributed by atoms with Crippen LogP contribution in [0.5, 0.6) is 0 Å². The summed E-state index contributed by atoms with van der Waals surface area (Å²) in [5, 5.41) is 19.7. The standard InChI is InChI=1S/C12H19NO3S/c1-9(2)13(5-3-6-14)8-10-4-7-17-11(10)12(15)16/h4,7,9,14H,3,5-6,8H2,1-2H3,(H,15,16). The van der Waals surface area contributed by atoms with E-state index in [1.807, 2.05) is 11.4 Å². The summed E-state index contributed by atoms with van der Waals surface area (Å²) in [4.78, 5) is 13.6. The number of carboxylic acids is 1. The van der Waals surface area contributed by atoms with E-state index in [2.05, 4.69) is 18.7 Å². The van der Waals surface area contributed by atoms with Crippen LogP contribution in [0.15, 0.2) is 11.4 Å². The third kappa shape index (κ3) is 4.11. The molecule has 0 saturated heterocycles. The number of nitrogens with zero attached hydrogens (tertiary/aromatic N) is 1. The lowest BCUT2D eigenvalue weighted by Gasteiger charge is -2.26. The number of thiophene rings is 1. The summed E-state index contributed by atoms with van der Waals surface area (Å²) in [7, 11) is 0. The Morgan fingerprint density at radius 2 is 2.24 bits per heavy atom. The Hall–Kier alpha value is -0.910. The van der Waals surface area contributed by atoms with E-state index in [4.69, 9.17) is 10.2 Å². The number of hydrogen-bond acceptors (Lipinski definition) is 4. The molecule has 4 nitrogen and oxygen atoms in total. The molecule has 0 aliphatic rings. The van der Waals surface area contributed by atoms with Crippen LogP contribution in [-0.4, -0.2) is 40.3 Å². The van der Waals surface area contributed by atoms with Gasteiger partial charge >= 0.3 is 5.97 Å². The van der Waals surface area contributed by atoms with Crippen molar-refractivity contribution in [2.24, 2.45) is 0 Å². The van der Waals surface area contributed by atoms with E-state index in [0.717, 1.165) is 12.1 Å². The van der Waals surface area contributed by atoms with Crippen LogP contribution in [0.4, 0.5) is 0 Å². The van der Waals surface area contributed by atoms with E-state index >= 15 is 0 Å². The lowest BCUT2D eigenvalue weighted by molar-refractivity contribution is 0.0699. The van der Waals surface area contributed by atoms with Crippen LogP contribution >= 0.6 is 11.3 Å². The van der Waals surface area contributed by atoms with Gasteiger partial charge in [0, 0.05) is 25.7 Å². The first kappa shape index (κ1) is 14.2. The fraction of sp³-hybridized carbons (Fsp3) is 0.583. The van der Waals surface area contributed by atoms with Gasteiger partial charge in [0.1, 0.15) is 4.88 Å². The Morgan fingerprint density at radius 1 is 1.53 bits per heavy atom. The molecule has 0 radical (unpaired) electrons. The second-order valence-electron chi connectivity index (χ2n) is 4.22. The molecule has 5 heteroatoms. The van der Waals surface area contributed by atoms with Crippen LogP contribution in [0.3, 0.4) is 0 Å². The lowest BCUT2D eigenvalue weighted by Crippen LogP contribution is -2.32. The highest BCUT2D eigenvalue weighted by atomic mass is 32.1. The topological polar surface area (TPSA) is 60.8 Å². The molecule has 0 aliphatic heterocycles. The summed E-state index contributed by atoms with van der Waals surface area (Å²) in [6, 6.07) is 2.20.